The minimum Gasteiger partial charge on any atom is -0.397 e. The Bertz CT molecular complexity index is 522. The highest BCUT2D eigenvalue weighted by Gasteiger charge is 2.43. The molecule has 3 fully saturated rings. The molecule has 0 amide bonds. The number of fused-ring (bicyclic) bond motifs is 2. The van der Waals surface area contributed by atoms with Crippen molar-refractivity contribution < 1.29 is 0 Å². The second-order valence-corrected chi connectivity index (χ2v) is 8.23. The van der Waals surface area contributed by atoms with Gasteiger partial charge in [-0.3, -0.25) is 4.90 Å². The summed E-state index contributed by atoms with van der Waals surface area (Å²) < 4.78 is 0. The van der Waals surface area contributed by atoms with Gasteiger partial charge in [0, 0.05) is 24.2 Å². The number of nitrogens with one attached hydrogen (secondary N) is 1. The zero-order valence-corrected chi connectivity index (χ0v) is 14.9. The molecule has 1 aliphatic carbocycles. The van der Waals surface area contributed by atoms with Crippen LogP contribution in [-0.4, -0.2) is 29.1 Å². The Morgan fingerprint density at radius 2 is 1.42 bits per heavy atom. The molecule has 132 valence electrons. The van der Waals surface area contributed by atoms with E-state index < -0.39 is 0 Å². The summed E-state index contributed by atoms with van der Waals surface area (Å²) in [5.41, 5.74) is 8.13. The quantitative estimate of drug-likeness (QED) is 0.784. The summed E-state index contributed by atoms with van der Waals surface area (Å²) in [5, 5.41) is 3.74. The Balaban J connectivity index is 1.41. The predicted molar refractivity (Wildman–Crippen MR) is 102 cm³/mol. The van der Waals surface area contributed by atoms with Crippen molar-refractivity contribution in [3.63, 3.8) is 0 Å². The molecule has 1 aromatic carbocycles. The van der Waals surface area contributed by atoms with Gasteiger partial charge in [0.05, 0.1) is 11.4 Å². The Morgan fingerprint density at radius 1 is 0.792 bits per heavy atom. The first kappa shape index (κ1) is 16.3. The highest BCUT2D eigenvalue weighted by molar-refractivity contribution is 5.66. The van der Waals surface area contributed by atoms with E-state index in [-0.39, 0.29) is 0 Å². The van der Waals surface area contributed by atoms with E-state index in [0.717, 1.165) is 29.5 Å². The lowest BCUT2D eigenvalue weighted by molar-refractivity contribution is 0.0662. The predicted octanol–water partition coefficient (Wildman–Crippen LogP) is 4.79. The average Bonchev–Trinajstić information content (AvgIpc) is 2.81. The summed E-state index contributed by atoms with van der Waals surface area (Å²) in [7, 11) is 0. The van der Waals surface area contributed by atoms with Crippen LogP contribution in [0.15, 0.2) is 24.3 Å². The van der Waals surface area contributed by atoms with Gasteiger partial charge in [0.1, 0.15) is 0 Å². The van der Waals surface area contributed by atoms with Crippen LogP contribution in [0.4, 0.5) is 11.4 Å². The van der Waals surface area contributed by atoms with Gasteiger partial charge in [-0.05, 0) is 50.7 Å². The van der Waals surface area contributed by atoms with Crippen molar-refractivity contribution in [2.24, 2.45) is 0 Å². The number of nitrogens with two attached hydrogens (primary N) is 1. The van der Waals surface area contributed by atoms with Gasteiger partial charge in [-0.15, -0.1) is 0 Å². The lowest BCUT2D eigenvalue weighted by Crippen LogP contribution is -2.51. The average molecular weight is 328 g/mol. The van der Waals surface area contributed by atoms with Crippen molar-refractivity contribution in [2.45, 2.75) is 94.8 Å². The van der Waals surface area contributed by atoms with Crippen LogP contribution in [0.3, 0.4) is 0 Å². The molecular weight excluding hydrogens is 294 g/mol. The number of benzene rings is 1. The van der Waals surface area contributed by atoms with Gasteiger partial charge < -0.3 is 11.1 Å². The molecule has 3 aliphatic rings. The van der Waals surface area contributed by atoms with Crippen LogP contribution < -0.4 is 11.1 Å². The number of rotatable bonds is 3. The molecule has 2 atom stereocenters. The van der Waals surface area contributed by atoms with E-state index in [1.165, 1.54) is 70.6 Å². The maximum absolute atomic E-state index is 6.13. The van der Waals surface area contributed by atoms with Crippen LogP contribution in [0.5, 0.6) is 0 Å². The Morgan fingerprint density at radius 3 is 2.08 bits per heavy atom. The van der Waals surface area contributed by atoms with Gasteiger partial charge >= 0.3 is 0 Å². The normalized spacial score (nSPS) is 32.2. The van der Waals surface area contributed by atoms with Crippen LogP contribution in [0, 0.1) is 0 Å². The summed E-state index contributed by atoms with van der Waals surface area (Å²) in [5.74, 6) is 0. The number of piperidine rings is 1. The van der Waals surface area contributed by atoms with Crippen molar-refractivity contribution in [1.29, 1.82) is 0 Å². The van der Waals surface area contributed by atoms with E-state index in [1.807, 2.05) is 12.1 Å². The molecule has 2 aliphatic heterocycles. The highest BCUT2D eigenvalue weighted by Crippen LogP contribution is 2.41. The van der Waals surface area contributed by atoms with Gasteiger partial charge in [0.15, 0.2) is 0 Å². The molecular formula is C21H33N3. The van der Waals surface area contributed by atoms with Crippen molar-refractivity contribution in [1.82, 2.24) is 4.90 Å². The summed E-state index contributed by atoms with van der Waals surface area (Å²) in [4.78, 5) is 2.96. The van der Waals surface area contributed by atoms with Gasteiger partial charge in [-0.25, -0.2) is 0 Å². The van der Waals surface area contributed by atoms with Crippen LogP contribution in [0.25, 0.3) is 0 Å². The molecule has 3 heteroatoms. The summed E-state index contributed by atoms with van der Waals surface area (Å²) >= 11 is 0. The Labute approximate surface area is 147 Å². The third kappa shape index (κ3) is 3.42. The van der Waals surface area contributed by atoms with Gasteiger partial charge in [-0.2, -0.15) is 0 Å². The summed E-state index contributed by atoms with van der Waals surface area (Å²) in [6, 6.07) is 11.3. The first-order valence-corrected chi connectivity index (χ1v) is 10.2. The third-order valence-corrected chi connectivity index (χ3v) is 6.61. The fraction of sp³-hybridized carbons (Fsp3) is 0.714. The standard InChI is InChI=1S/C21H33N3/c22-20-10-6-7-11-21(20)23-16-14-18-12-13-19(15-16)24(18)17-8-4-2-1-3-5-9-17/h6-7,10-11,16-19,23H,1-5,8-9,12-15,22H2. The number of nitrogen functional groups attached to an aromatic ring is 1. The maximum atomic E-state index is 6.13. The molecule has 1 aromatic rings. The van der Waals surface area contributed by atoms with Crippen LogP contribution in [-0.2, 0) is 0 Å². The van der Waals surface area contributed by atoms with Crippen molar-refractivity contribution in [2.75, 3.05) is 11.1 Å². The van der Waals surface area contributed by atoms with E-state index in [0.29, 0.717) is 6.04 Å². The van der Waals surface area contributed by atoms with Gasteiger partial charge in [-0.1, -0.05) is 44.2 Å². The van der Waals surface area contributed by atoms with E-state index in [4.69, 9.17) is 5.73 Å². The SMILES string of the molecule is Nc1ccccc1NC1CC2CCC(C1)N2C1CCCCCCC1. The number of para-hydroxylation sites is 2. The molecule has 24 heavy (non-hydrogen) atoms. The fourth-order valence-corrected chi connectivity index (χ4v) is 5.51. The largest absolute Gasteiger partial charge is 0.397 e. The molecule has 4 rings (SSSR count). The van der Waals surface area contributed by atoms with E-state index in [2.05, 4.69) is 22.3 Å². The first-order valence-electron chi connectivity index (χ1n) is 10.2. The van der Waals surface area contributed by atoms with Crippen molar-refractivity contribution >= 4 is 11.4 Å². The lowest BCUT2D eigenvalue weighted by atomic mass is 9.90. The zero-order chi connectivity index (χ0) is 16.4. The van der Waals surface area contributed by atoms with Crippen LogP contribution >= 0.6 is 0 Å². The molecule has 3 N–H and O–H groups in total. The topological polar surface area (TPSA) is 41.3 Å². The molecule has 2 heterocycles. The summed E-state index contributed by atoms with van der Waals surface area (Å²) in [6.07, 6.45) is 15.5. The van der Waals surface area contributed by atoms with Crippen LogP contribution in [0.1, 0.15) is 70.6 Å². The van der Waals surface area contributed by atoms with Crippen molar-refractivity contribution in [3.8, 4) is 0 Å². The molecule has 2 bridgehead atoms. The van der Waals surface area contributed by atoms with E-state index >= 15 is 0 Å². The number of hydrogen-bond donors (Lipinski definition) is 2. The molecule has 2 saturated heterocycles. The van der Waals surface area contributed by atoms with E-state index in [1.54, 1.807) is 0 Å². The summed E-state index contributed by atoms with van der Waals surface area (Å²) in [6.45, 7) is 0. The molecule has 0 radical (unpaired) electrons. The minimum atomic E-state index is 0.594. The minimum absolute atomic E-state index is 0.594. The van der Waals surface area contributed by atoms with Gasteiger partial charge in [0.25, 0.3) is 0 Å². The van der Waals surface area contributed by atoms with E-state index in [9.17, 15) is 0 Å². The molecule has 0 aromatic heterocycles. The Hall–Kier alpha value is -1.22. The highest BCUT2D eigenvalue weighted by atomic mass is 15.3. The lowest BCUT2D eigenvalue weighted by Gasteiger charge is -2.44. The maximum Gasteiger partial charge on any atom is 0.0576 e. The van der Waals surface area contributed by atoms with Gasteiger partial charge in [0.2, 0.25) is 0 Å². The molecule has 2 unspecified atom stereocenters. The van der Waals surface area contributed by atoms with Crippen LogP contribution in [0.2, 0.25) is 0 Å². The molecule has 0 spiro atoms. The Kier molecular flexibility index (Phi) is 4.98. The number of hydrogen-bond acceptors (Lipinski definition) is 3. The molecule has 3 nitrogen and oxygen atoms in total. The fourth-order valence-electron chi connectivity index (χ4n) is 5.51. The zero-order valence-electron chi connectivity index (χ0n) is 14.9. The number of anilines is 2. The number of nitrogens with zero attached hydrogens (tertiary/aromatic N) is 1. The smallest absolute Gasteiger partial charge is 0.0576 e. The first-order chi connectivity index (χ1) is 11.8. The third-order valence-electron chi connectivity index (χ3n) is 6.61. The second kappa shape index (κ2) is 7.35. The second-order valence-electron chi connectivity index (χ2n) is 8.23. The van der Waals surface area contributed by atoms with Crippen molar-refractivity contribution in [3.05, 3.63) is 24.3 Å². The monoisotopic (exact) mass is 327 g/mol. The molecule has 1 saturated carbocycles.